The Labute approximate surface area is 365 Å². The molecule has 0 aromatic heterocycles. The average molecular weight is 829 g/mol. The van der Waals surface area contributed by atoms with Gasteiger partial charge in [-0.05, 0) is 122 Å². The van der Waals surface area contributed by atoms with E-state index in [1.54, 1.807) is 0 Å². The largest absolute Gasteiger partial charge is 0.462 e. The van der Waals surface area contributed by atoms with E-state index in [2.05, 4.69) is 62.2 Å². The van der Waals surface area contributed by atoms with Gasteiger partial charge < -0.3 is 19.7 Å². The second-order valence-corrected chi connectivity index (χ2v) is 17.8. The minimum absolute atomic E-state index is 0.0431. The van der Waals surface area contributed by atoms with Crippen LogP contribution in [-0.2, 0) is 23.9 Å². The standard InChI is InChI=1S/C52H96N2O5/c1-5-9-13-14-15-16-17-18-19-20-21-22-23-25-28-33-42-52(51(57)53-44-12-8-4,59-50(56)41-37-47-54-45-35-30-31-36-46-54)43-34-29-26-24-27-32-40-49(55)58-48(38-10-6-2)39-11-7-3/h15-16,18-19,48H,5-14,17,20-47H2,1-4H3,(H,53,57)/b16-15-,19-18-. The van der Waals surface area contributed by atoms with Gasteiger partial charge in [0.05, 0.1) is 0 Å². The molecule has 59 heavy (non-hydrogen) atoms. The van der Waals surface area contributed by atoms with Crippen LogP contribution in [-0.4, -0.2) is 60.6 Å². The van der Waals surface area contributed by atoms with Gasteiger partial charge >= 0.3 is 11.9 Å². The van der Waals surface area contributed by atoms with Gasteiger partial charge in [0.2, 0.25) is 0 Å². The number of amides is 1. The molecule has 0 bridgehead atoms. The van der Waals surface area contributed by atoms with Gasteiger partial charge in [0, 0.05) is 19.4 Å². The number of nitrogens with one attached hydrogen (secondary N) is 1. The fourth-order valence-corrected chi connectivity index (χ4v) is 8.27. The summed E-state index contributed by atoms with van der Waals surface area (Å²) in [4.78, 5) is 42.7. The second kappa shape index (κ2) is 40.0. The van der Waals surface area contributed by atoms with Gasteiger partial charge in [-0.15, -0.1) is 0 Å². The van der Waals surface area contributed by atoms with Gasteiger partial charge in [-0.25, -0.2) is 0 Å². The first-order chi connectivity index (χ1) is 28.9. The van der Waals surface area contributed by atoms with E-state index in [1.165, 1.54) is 70.6 Å². The van der Waals surface area contributed by atoms with Crippen LogP contribution in [0.4, 0.5) is 0 Å². The third-order valence-corrected chi connectivity index (χ3v) is 12.1. The van der Waals surface area contributed by atoms with Crippen molar-refractivity contribution in [3.05, 3.63) is 24.3 Å². The lowest BCUT2D eigenvalue weighted by atomic mass is 9.88. The van der Waals surface area contributed by atoms with Gasteiger partial charge in [-0.3, -0.25) is 14.4 Å². The van der Waals surface area contributed by atoms with Gasteiger partial charge in [0.15, 0.2) is 5.60 Å². The molecule has 1 heterocycles. The zero-order chi connectivity index (χ0) is 42.9. The Hall–Kier alpha value is -2.15. The van der Waals surface area contributed by atoms with Crippen LogP contribution >= 0.6 is 0 Å². The zero-order valence-corrected chi connectivity index (χ0v) is 39.5. The lowest BCUT2D eigenvalue weighted by Crippen LogP contribution is -2.50. The number of nitrogens with zero attached hydrogens (tertiary/aromatic N) is 1. The molecule has 7 nitrogen and oxygen atoms in total. The first kappa shape index (κ1) is 54.9. The lowest BCUT2D eigenvalue weighted by Gasteiger charge is -2.33. The van der Waals surface area contributed by atoms with E-state index >= 15 is 0 Å². The van der Waals surface area contributed by atoms with Crippen molar-refractivity contribution in [3.8, 4) is 0 Å². The molecule has 0 aromatic rings. The van der Waals surface area contributed by atoms with Crippen molar-refractivity contribution >= 4 is 17.8 Å². The number of rotatable bonds is 40. The van der Waals surface area contributed by atoms with Crippen LogP contribution in [0, 0.1) is 0 Å². The molecule has 0 aliphatic carbocycles. The predicted octanol–water partition coefficient (Wildman–Crippen LogP) is 14.5. The number of unbranched alkanes of at least 4 members (excludes halogenated alkanes) is 17. The molecule has 1 aliphatic heterocycles. The smallest absolute Gasteiger partial charge is 0.306 e. The van der Waals surface area contributed by atoms with Gasteiger partial charge in [-0.1, -0.05) is 161 Å². The first-order valence-corrected chi connectivity index (χ1v) is 25.6. The summed E-state index contributed by atoms with van der Waals surface area (Å²) in [6.45, 7) is 12.5. The number of hydrogen-bond acceptors (Lipinski definition) is 6. The molecule has 1 atom stereocenters. The van der Waals surface area contributed by atoms with Crippen molar-refractivity contribution < 1.29 is 23.9 Å². The third-order valence-electron chi connectivity index (χ3n) is 12.1. The highest BCUT2D eigenvalue weighted by atomic mass is 16.6. The minimum atomic E-state index is -1.10. The van der Waals surface area contributed by atoms with Crippen LogP contribution in [0.15, 0.2) is 24.3 Å². The maximum absolute atomic E-state index is 14.0. The summed E-state index contributed by atoms with van der Waals surface area (Å²) in [6, 6.07) is 0. The highest BCUT2D eigenvalue weighted by molar-refractivity contribution is 5.88. The van der Waals surface area contributed by atoms with Crippen molar-refractivity contribution in [1.82, 2.24) is 10.2 Å². The monoisotopic (exact) mass is 829 g/mol. The number of allylic oxidation sites excluding steroid dienone is 4. The number of likely N-dealkylation sites (tertiary alicyclic amines) is 1. The summed E-state index contributed by atoms with van der Waals surface area (Å²) in [6.07, 6.45) is 45.4. The number of hydrogen-bond donors (Lipinski definition) is 1. The maximum Gasteiger partial charge on any atom is 0.306 e. The highest BCUT2D eigenvalue weighted by Gasteiger charge is 2.41. The van der Waals surface area contributed by atoms with E-state index < -0.39 is 5.60 Å². The zero-order valence-electron chi connectivity index (χ0n) is 39.5. The summed E-state index contributed by atoms with van der Waals surface area (Å²) in [5, 5.41) is 3.19. The van der Waals surface area contributed by atoms with E-state index in [0.29, 0.717) is 32.2 Å². The Morgan fingerprint density at radius 1 is 0.559 bits per heavy atom. The molecule has 0 aromatic carbocycles. The molecular formula is C52H96N2O5. The third kappa shape index (κ3) is 31.4. The predicted molar refractivity (Wildman–Crippen MR) is 251 cm³/mol. The summed E-state index contributed by atoms with van der Waals surface area (Å²) < 4.78 is 12.2. The van der Waals surface area contributed by atoms with Gasteiger partial charge in [-0.2, -0.15) is 0 Å². The van der Waals surface area contributed by atoms with E-state index in [9.17, 15) is 14.4 Å². The molecule has 1 unspecified atom stereocenters. The number of carbonyl (C=O) groups excluding carboxylic acids is 3. The van der Waals surface area contributed by atoms with Gasteiger partial charge in [0.1, 0.15) is 6.10 Å². The highest BCUT2D eigenvalue weighted by Crippen LogP contribution is 2.29. The summed E-state index contributed by atoms with van der Waals surface area (Å²) in [7, 11) is 0. The average Bonchev–Trinajstić information content (AvgIpc) is 3.51. The van der Waals surface area contributed by atoms with E-state index in [1.807, 2.05) is 0 Å². The Bertz CT molecular complexity index is 1040. The quantitative estimate of drug-likeness (QED) is 0.0376. The maximum atomic E-state index is 14.0. The molecule has 344 valence electrons. The fourth-order valence-electron chi connectivity index (χ4n) is 8.27. The van der Waals surface area contributed by atoms with Crippen molar-refractivity contribution in [2.45, 2.75) is 264 Å². The second-order valence-electron chi connectivity index (χ2n) is 17.8. The van der Waals surface area contributed by atoms with E-state index in [-0.39, 0.29) is 23.9 Å². The molecule has 1 amide bonds. The van der Waals surface area contributed by atoms with Crippen molar-refractivity contribution in [3.63, 3.8) is 0 Å². The summed E-state index contributed by atoms with van der Waals surface area (Å²) in [5.74, 6) is -0.355. The first-order valence-electron chi connectivity index (χ1n) is 25.6. The van der Waals surface area contributed by atoms with Crippen molar-refractivity contribution in [1.29, 1.82) is 0 Å². The minimum Gasteiger partial charge on any atom is -0.462 e. The molecule has 1 aliphatic rings. The molecule has 1 N–H and O–H groups in total. The number of ether oxygens (including phenoxy) is 2. The molecule has 1 fully saturated rings. The lowest BCUT2D eigenvalue weighted by molar-refractivity contribution is -0.171. The van der Waals surface area contributed by atoms with Gasteiger partial charge in [0.25, 0.3) is 5.91 Å². The van der Waals surface area contributed by atoms with Crippen LogP contribution in [0.1, 0.15) is 252 Å². The summed E-state index contributed by atoms with van der Waals surface area (Å²) >= 11 is 0. The van der Waals surface area contributed by atoms with Crippen molar-refractivity contribution in [2.24, 2.45) is 0 Å². The molecular weight excluding hydrogens is 733 g/mol. The number of esters is 2. The molecule has 1 saturated heterocycles. The van der Waals surface area contributed by atoms with Crippen LogP contribution in [0.3, 0.4) is 0 Å². The SMILES string of the molecule is CCCCC/C=C\C/C=C\CCCCCCCCC(CCCCCCCCC(=O)OC(CCCC)CCCC)(OC(=O)CCCN1CCCCCC1)C(=O)NCCCC. The number of carbonyl (C=O) groups is 3. The molecule has 1 rings (SSSR count). The Balaban J connectivity index is 2.69. The van der Waals surface area contributed by atoms with E-state index in [0.717, 1.165) is 148 Å². The van der Waals surface area contributed by atoms with Crippen LogP contribution < -0.4 is 5.32 Å². The van der Waals surface area contributed by atoms with Crippen LogP contribution in [0.5, 0.6) is 0 Å². The Morgan fingerprint density at radius 3 is 1.64 bits per heavy atom. The van der Waals surface area contributed by atoms with Crippen LogP contribution in [0.25, 0.3) is 0 Å². The molecule has 0 spiro atoms. The Kier molecular flexibility index (Phi) is 37.2. The molecule has 0 radical (unpaired) electrons. The summed E-state index contributed by atoms with van der Waals surface area (Å²) in [5.41, 5.74) is -1.10. The van der Waals surface area contributed by atoms with Crippen LogP contribution in [0.2, 0.25) is 0 Å². The topological polar surface area (TPSA) is 84.9 Å². The fraction of sp³-hybridized carbons (Fsp3) is 0.865. The normalized spacial score (nSPS) is 14.9. The Morgan fingerprint density at radius 2 is 1.07 bits per heavy atom. The van der Waals surface area contributed by atoms with Crippen molar-refractivity contribution in [2.75, 3.05) is 26.2 Å². The van der Waals surface area contributed by atoms with E-state index in [4.69, 9.17) is 9.47 Å². The molecule has 7 heteroatoms. The molecule has 0 saturated carbocycles.